The fourth-order valence-electron chi connectivity index (χ4n) is 2.32. The lowest BCUT2D eigenvalue weighted by atomic mass is 10.2. The van der Waals surface area contributed by atoms with Crippen LogP contribution in [0.1, 0.15) is 17.4 Å². The Morgan fingerprint density at radius 1 is 1.37 bits per heavy atom. The van der Waals surface area contributed by atoms with E-state index in [4.69, 9.17) is 0 Å². The molecule has 0 unspecified atom stereocenters. The molecule has 1 aliphatic heterocycles. The largest absolute Gasteiger partial charge is 0.378 e. The molecular formula is C18H19N5O2S2. The maximum atomic E-state index is 12.2. The average molecular weight is 402 g/mol. The van der Waals surface area contributed by atoms with Crippen LogP contribution in [-0.2, 0) is 9.59 Å². The summed E-state index contributed by atoms with van der Waals surface area (Å²) in [5.41, 5.74) is 2.94. The number of amides is 2. The van der Waals surface area contributed by atoms with E-state index in [0.29, 0.717) is 15.2 Å². The standard InChI is InChI=1S/C18H19N5O2S2/c1-10-7-12(23(3)4)5-6-14(10)21-18-22-16(25)15(27-18)8-13-9-19-17(26-13)20-11(2)24/h5-9H,1-4H3,(H,19,20,24)(H,21,22,25)/b15-8-. The first-order chi connectivity index (χ1) is 12.8. The van der Waals surface area contributed by atoms with Gasteiger partial charge in [0.05, 0.1) is 15.5 Å². The van der Waals surface area contributed by atoms with Crippen LogP contribution in [0, 0.1) is 6.92 Å². The normalized spacial score (nSPS) is 16.7. The Kier molecular flexibility index (Phi) is 5.62. The molecule has 1 fully saturated rings. The minimum absolute atomic E-state index is 0.179. The molecule has 3 rings (SSSR count). The molecule has 0 atom stereocenters. The monoisotopic (exact) mass is 401 g/mol. The second-order valence-corrected chi connectivity index (χ2v) is 8.19. The third kappa shape index (κ3) is 4.75. The van der Waals surface area contributed by atoms with Gasteiger partial charge in [0.15, 0.2) is 10.3 Å². The number of aryl methyl sites for hydroxylation is 1. The average Bonchev–Trinajstić information content (AvgIpc) is 3.15. The second kappa shape index (κ2) is 7.93. The zero-order valence-corrected chi connectivity index (χ0v) is 17.0. The molecule has 27 heavy (non-hydrogen) atoms. The lowest BCUT2D eigenvalue weighted by molar-refractivity contribution is -0.115. The molecule has 7 nitrogen and oxygen atoms in total. The Morgan fingerprint density at radius 2 is 2.15 bits per heavy atom. The number of carbonyl (C=O) groups is 2. The van der Waals surface area contributed by atoms with Crippen molar-refractivity contribution in [2.75, 3.05) is 24.3 Å². The lowest BCUT2D eigenvalue weighted by Crippen LogP contribution is -2.19. The Bertz CT molecular complexity index is 962. The maximum absolute atomic E-state index is 12.2. The van der Waals surface area contributed by atoms with Gasteiger partial charge in [0.1, 0.15) is 0 Å². The van der Waals surface area contributed by atoms with Crippen molar-refractivity contribution in [2.24, 2.45) is 4.99 Å². The number of anilines is 2. The van der Waals surface area contributed by atoms with Gasteiger partial charge in [-0.1, -0.05) is 11.3 Å². The number of hydrogen-bond donors (Lipinski definition) is 2. The Balaban J connectivity index is 1.78. The summed E-state index contributed by atoms with van der Waals surface area (Å²) < 4.78 is 0. The molecule has 2 N–H and O–H groups in total. The van der Waals surface area contributed by atoms with E-state index in [9.17, 15) is 9.59 Å². The van der Waals surface area contributed by atoms with E-state index >= 15 is 0 Å². The first-order valence-electron chi connectivity index (χ1n) is 8.13. The minimum atomic E-state index is -0.198. The molecule has 2 amide bonds. The molecule has 2 heterocycles. The van der Waals surface area contributed by atoms with Gasteiger partial charge in [-0.3, -0.25) is 9.59 Å². The molecule has 2 aromatic rings. The molecule has 0 spiro atoms. The Labute approximate surface area is 165 Å². The second-order valence-electron chi connectivity index (χ2n) is 6.10. The van der Waals surface area contributed by atoms with Crippen molar-refractivity contribution in [3.05, 3.63) is 39.7 Å². The first kappa shape index (κ1) is 19.1. The zero-order valence-electron chi connectivity index (χ0n) is 15.4. The maximum Gasteiger partial charge on any atom is 0.264 e. The van der Waals surface area contributed by atoms with Gasteiger partial charge in [-0.2, -0.15) is 0 Å². The fraction of sp³-hybridized carbons (Fsp3) is 0.222. The van der Waals surface area contributed by atoms with Crippen LogP contribution in [0.25, 0.3) is 6.08 Å². The summed E-state index contributed by atoms with van der Waals surface area (Å²) in [6.07, 6.45) is 3.36. The van der Waals surface area contributed by atoms with Crippen LogP contribution in [0.15, 0.2) is 34.3 Å². The van der Waals surface area contributed by atoms with E-state index in [1.165, 1.54) is 30.0 Å². The van der Waals surface area contributed by atoms with Gasteiger partial charge in [0.25, 0.3) is 5.91 Å². The number of benzene rings is 1. The van der Waals surface area contributed by atoms with Crippen LogP contribution in [0.3, 0.4) is 0 Å². The van der Waals surface area contributed by atoms with Crippen LogP contribution < -0.4 is 15.5 Å². The van der Waals surface area contributed by atoms with Crippen LogP contribution in [0.4, 0.5) is 16.5 Å². The number of amidine groups is 1. The molecule has 0 aliphatic carbocycles. The van der Waals surface area contributed by atoms with E-state index in [0.717, 1.165) is 21.8 Å². The number of nitrogens with one attached hydrogen (secondary N) is 2. The van der Waals surface area contributed by atoms with Gasteiger partial charge < -0.3 is 15.5 Å². The predicted octanol–water partition coefficient (Wildman–Crippen LogP) is 3.37. The van der Waals surface area contributed by atoms with Gasteiger partial charge in [-0.05, 0) is 48.5 Å². The predicted molar refractivity (Wildman–Crippen MR) is 113 cm³/mol. The number of rotatable bonds is 4. The van der Waals surface area contributed by atoms with Gasteiger partial charge in [0, 0.05) is 32.9 Å². The first-order valence-corrected chi connectivity index (χ1v) is 9.76. The number of thioether (sulfide) groups is 1. The van der Waals surface area contributed by atoms with Crippen molar-refractivity contribution < 1.29 is 9.59 Å². The summed E-state index contributed by atoms with van der Waals surface area (Å²) in [4.78, 5) is 35.3. The number of hydrogen-bond acceptors (Lipinski definition) is 7. The third-order valence-corrected chi connectivity index (χ3v) is 5.42. The quantitative estimate of drug-likeness (QED) is 0.767. The zero-order chi connectivity index (χ0) is 19.6. The Morgan fingerprint density at radius 3 is 2.81 bits per heavy atom. The van der Waals surface area contributed by atoms with Crippen LogP contribution in [0.5, 0.6) is 0 Å². The van der Waals surface area contributed by atoms with Crippen LogP contribution >= 0.6 is 23.1 Å². The number of thiazole rings is 1. The van der Waals surface area contributed by atoms with Crippen molar-refractivity contribution in [3.8, 4) is 0 Å². The molecule has 0 saturated carbocycles. The molecule has 0 radical (unpaired) electrons. The third-order valence-electron chi connectivity index (χ3n) is 3.65. The van der Waals surface area contributed by atoms with E-state index in [1.807, 2.05) is 38.1 Å². The molecule has 1 aromatic heterocycles. The fourth-order valence-corrected chi connectivity index (χ4v) is 4.03. The Hall–Kier alpha value is -2.65. The minimum Gasteiger partial charge on any atom is -0.378 e. The van der Waals surface area contributed by atoms with Crippen molar-refractivity contribution in [2.45, 2.75) is 13.8 Å². The summed E-state index contributed by atoms with van der Waals surface area (Å²) in [6, 6.07) is 5.99. The highest BCUT2D eigenvalue weighted by molar-refractivity contribution is 8.18. The van der Waals surface area contributed by atoms with Gasteiger partial charge in [-0.15, -0.1) is 0 Å². The van der Waals surface area contributed by atoms with Gasteiger partial charge in [0.2, 0.25) is 5.91 Å². The van der Waals surface area contributed by atoms with Gasteiger partial charge >= 0.3 is 0 Å². The van der Waals surface area contributed by atoms with E-state index in [1.54, 1.807) is 12.3 Å². The number of aromatic nitrogens is 1. The molecule has 9 heteroatoms. The van der Waals surface area contributed by atoms with Crippen molar-refractivity contribution >= 4 is 62.7 Å². The summed E-state index contributed by atoms with van der Waals surface area (Å²) in [6.45, 7) is 3.42. The summed E-state index contributed by atoms with van der Waals surface area (Å²) in [5.74, 6) is -0.377. The smallest absolute Gasteiger partial charge is 0.264 e. The SMILES string of the molecule is CC(=O)Nc1ncc(/C=C2\S/C(=N\c3ccc(N(C)C)cc3C)NC2=O)s1. The highest BCUT2D eigenvalue weighted by Gasteiger charge is 2.24. The molecule has 0 bridgehead atoms. The topological polar surface area (TPSA) is 86.7 Å². The highest BCUT2D eigenvalue weighted by Crippen LogP contribution is 2.31. The number of aliphatic imine (C=N–C) groups is 1. The number of carbonyl (C=O) groups excluding carboxylic acids is 2. The highest BCUT2D eigenvalue weighted by atomic mass is 32.2. The van der Waals surface area contributed by atoms with Gasteiger partial charge in [-0.25, -0.2) is 9.98 Å². The van der Waals surface area contributed by atoms with E-state index < -0.39 is 0 Å². The molecule has 1 aromatic carbocycles. The van der Waals surface area contributed by atoms with Crippen molar-refractivity contribution in [3.63, 3.8) is 0 Å². The lowest BCUT2D eigenvalue weighted by Gasteiger charge is -2.13. The molecular weight excluding hydrogens is 382 g/mol. The van der Waals surface area contributed by atoms with E-state index in [2.05, 4.69) is 26.7 Å². The summed E-state index contributed by atoms with van der Waals surface area (Å²) in [7, 11) is 3.97. The van der Waals surface area contributed by atoms with Crippen LogP contribution in [-0.4, -0.2) is 36.1 Å². The molecule has 1 saturated heterocycles. The van der Waals surface area contributed by atoms with Crippen LogP contribution in [0.2, 0.25) is 0 Å². The summed E-state index contributed by atoms with van der Waals surface area (Å²) >= 11 is 2.59. The molecule has 140 valence electrons. The van der Waals surface area contributed by atoms with Crippen molar-refractivity contribution in [1.29, 1.82) is 0 Å². The van der Waals surface area contributed by atoms with Crippen molar-refractivity contribution in [1.82, 2.24) is 10.3 Å². The van der Waals surface area contributed by atoms with E-state index in [-0.39, 0.29) is 11.8 Å². The summed E-state index contributed by atoms with van der Waals surface area (Å²) in [5, 5.41) is 6.46. The number of nitrogens with zero attached hydrogens (tertiary/aromatic N) is 3. The molecule has 1 aliphatic rings.